The van der Waals surface area contributed by atoms with Crippen LogP contribution in [0.25, 0.3) is 0 Å². The SMILES string of the molecule is CCCCOC(=O)C1C(C)=NC2=C(C(=O)CC(c3ccc(OC)c(OC)c3)C2)C1c1cccs1. The molecule has 2 aromatic rings. The molecular formula is C27H31NO5S. The van der Waals surface area contributed by atoms with E-state index in [9.17, 15) is 9.59 Å². The first-order valence-electron chi connectivity index (χ1n) is 11.7. The predicted octanol–water partition coefficient (Wildman–Crippen LogP) is 5.68. The van der Waals surface area contributed by atoms with E-state index in [2.05, 4.69) is 6.92 Å². The van der Waals surface area contributed by atoms with Gasteiger partial charge in [-0.05, 0) is 54.8 Å². The van der Waals surface area contributed by atoms with Crippen LogP contribution in [0.2, 0.25) is 0 Å². The summed E-state index contributed by atoms with van der Waals surface area (Å²) in [6.45, 7) is 4.32. The van der Waals surface area contributed by atoms with Crippen LogP contribution in [-0.4, -0.2) is 38.3 Å². The zero-order chi connectivity index (χ0) is 24.2. The first-order chi connectivity index (χ1) is 16.5. The number of carbonyl (C=O) groups is 2. The van der Waals surface area contributed by atoms with Gasteiger partial charge in [0.25, 0.3) is 0 Å². The van der Waals surface area contributed by atoms with Gasteiger partial charge in [-0.1, -0.05) is 25.5 Å². The largest absolute Gasteiger partial charge is 0.493 e. The Bertz CT molecular complexity index is 1120. The first kappa shape index (κ1) is 24.2. The molecule has 7 heteroatoms. The minimum atomic E-state index is -0.573. The normalized spacial score (nSPS) is 22.2. The van der Waals surface area contributed by atoms with Gasteiger partial charge in [-0.2, -0.15) is 0 Å². The molecule has 2 aliphatic rings. The molecule has 0 bridgehead atoms. The van der Waals surface area contributed by atoms with Crippen LogP contribution < -0.4 is 9.47 Å². The molecule has 4 rings (SSSR count). The molecule has 0 saturated heterocycles. The zero-order valence-electron chi connectivity index (χ0n) is 20.1. The second kappa shape index (κ2) is 10.6. The van der Waals surface area contributed by atoms with Gasteiger partial charge in [0.05, 0.1) is 20.8 Å². The number of ether oxygens (including phenoxy) is 3. The van der Waals surface area contributed by atoms with Crippen molar-refractivity contribution in [2.24, 2.45) is 10.9 Å². The van der Waals surface area contributed by atoms with Crippen LogP contribution in [0, 0.1) is 5.92 Å². The van der Waals surface area contributed by atoms with Crippen LogP contribution in [0.5, 0.6) is 11.5 Å². The van der Waals surface area contributed by atoms with E-state index in [1.54, 1.807) is 25.6 Å². The minimum Gasteiger partial charge on any atom is -0.493 e. The highest BCUT2D eigenvalue weighted by Crippen LogP contribution is 2.48. The van der Waals surface area contributed by atoms with E-state index in [0.717, 1.165) is 29.0 Å². The highest BCUT2D eigenvalue weighted by molar-refractivity contribution is 7.10. The lowest BCUT2D eigenvalue weighted by atomic mass is 9.71. The van der Waals surface area contributed by atoms with Crippen molar-refractivity contribution in [2.45, 2.75) is 51.4 Å². The third-order valence-corrected chi connectivity index (χ3v) is 7.57. The van der Waals surface area contributed by atoms with Crippen LogP contribution in [0.1, 0.15) is 61.8 Å². The molecule has 1 aliphatic carbocycles. The lowest BCUT2D eigenvalue weighted by Gasteiger charge is -2.36. The van der Waals surface area contributed by atoms with Crippen LogP contribution >= 0.6 is 11.3 Å². The molecule has 0 spiro atoms. The Kier molecular flexibility index (Phi) is 7.51. The molecule has 6 nitrogen and oxygen atoms in total. The number of nitrogens with zero attached hydrogens (tertiary/aromatic N) is 1. The fourth-order valence-electron chi connectivity index (χ4n) is 4.89. The van der Waals surface area contributed by atoms with Gasteiger partial charge in [-0.25, -0.2) is 0 Å². The number of ketones is 1. The summed E-state index contributed by atoms with van der Waals surface area (Å²) in [5.41, 5.74) is 3.17. The number of rotatable bonds is 8. The Balaban J connectivity index is 1.69. The molecule has 3 atom stereocenters. The standard InChI is InChI=1S/C27H31NO5S/c1-5-6-11-33-27(30)24-16(2)28-19-13-18(17-9-10-21(31-3)22(15-17)32-4)14-20(29)25(19)26(24)23-8-7-12-34-23/h7-10,12,15,18,24,26H,5-6,11,13-14H2,1-4H3. The van der Waals surface area contributed by atoms with Crippen molar-refractivity contribution in [1.82, 2.24) is 0 Å². The molecule has 0 radical (unpaired) electrons. The average molecular weight is 482 g/mol. The molecule has 1 aliphatic heterocycles. The molecular weight excluding hydrogens is 450 g/mol. The molecule has 0 fully saturated rings. The number of aliphatic imine (C=N–C) groups is 1. The second-order valence-electron chi connectivity index (χ2n) is 8.75. The second-order valence-corrected chi connectivity index (χ2v) is 9.73. The van der Waals surface area contributed by atoms with Crippen molar-refractivity contribution in [2.75, 3.05) is 20.8 Å². The van der Waals surface area contributed by atoms with E-state index in [0.29, 0.717) is 42.2 Å². The van der Waals surface area contributed by atoms with E-state index >= 15 is 0 Å². The maximum absolute atomic E-state index is 13.6. The van der Waals surface area contributed by atoms with Crippen molar-refractivity contribution in [3.63, 3.8) is 0 Å². The number of Topliss-reactive ketones (excluding diaryl/α,β-unsaturated/α-hetero) is 1. The molecule has 0 saturated carbocycles. The number of carbonyl (C=O) groups excluding carboxylic acids is 2. The third kappa shape index (κ3) is 4.67. The number of hydrogen-bond acceptors (Lipinski definition) is 7. The molecule has 1 aromatic carbocycles. The van der Waals surface area contributed by atoms with Crippen molar-refractivity contribution >= 4 is 28.8 Å². The van der Waals surface area contributed by atoms with Gasteiger partial charge in [0, 0.05) is 34.2 Å². The first-order valence-corrected chi connectivity index (χ1v) is 12.6. The number of allylic oxidation sites excluding steroid dienone is 2. The molecule has 1 aromatic heterocycles. The summed E-state index contributed by atoms with van der Waals surface area (Å²) in [5, 5.41) is 1.98. The lowest BCUT2D eigenvalue weighted by Crippen LogP contribution is -2.37. The summed E-state index contributed by atoms with van der Waals surface area (Å²) in [4.78, 5) is 32.5. The minimum absolute atomic E-state index is 0.0142. The van der Waals surface area contributed by atoms with Crippen molar-refractivity contribution in [3.05, 3.63) is 57.4 Å². The Morgan fingerprint density at radius 2 is 1.94 bits per heavy atom. The van der Waals surface area contributed by atoms with Crippen molar-refractivity contribution in [1.29, 1.82) is 0 Å². The summed E-state index contributed by atoms with van der Waals surface area (Å²) in [7, 11) is 3.21. The summed E-state index contributed by atoms with van der Waals surface area (Å²) >= 11 is 1.57. The maximum Gasteiger partial charge on any atom is 0.315 e. The summed E-state index contributed by atoms with van der Waals surface area (Å²) in [6.07, 6.45) is 2.76. The monoisotopic (exact) mass is 481 g/mol. The number of hydrogen-bond donors (Lipinski definition) is 0. The quantitative estimate of drug-likeness (QED) is 0.358. The zero-order valence-corrected chi connectivity index (χ0v) is 20.9. The molecule has 180 valence electrons. The Morgan fingerprint density at radius 3 is 2.62 bits per heavy atom. The van der Waals surface area contributed by atoms with Crippen molar-refractivity contribution in [3.8, 4) is 11.5 Å². The number of methoxy groups -OCH3 is 2. The van der Waals surface area contributed by atoms with Gasteiger partial charge in [0.1, 0.15) is 5.92 Å². The topological polar surface area (TPSA) is 74.2 Å². The van der Waals surface area contributed by atoms with Crippen LogP contribution in [0.15, 0.2) is 52.0 Å². The summed E-state index contributed by atoms with van der Waals surface area (Å²) < 4.78 is 16.4. The predicted molar refractivity (Wildman–Crippen MR) is 133 cm³/mol. The highest BCUT2D eigenvalue weighted by atomic mass is 32.1. The fraction of sp³-hybridized carbons (Fsp3) is 0.444. The molecule has 34 heavy (non-hydrogen) atoms. The number of esters is 1. The van der Waals surface area contributed by atoms with Crippen molar-refractivity contribution < 1.29 is 23.8 Å². The maximum atomic E-state index is 13.6. The number of benzene rings is 1. The van der Waals surface area contributed by atoms with Gasteiger partial charge in [0.15, 0.2) is 17.3 Å². The lowest BCUT2D eigenvalue weighted by molar-refractivity contribution is -0.146. The van der Waals surface area contributed by atoms with Crippen LogP contribution in [0.3, 0.4) is 0 Å². The Hall–Kier alpha value is -2.93. The molecule has 0 N–H and O–H groups in total. The third-order valence-electron chi connectivity index (χ3n) is 6.61. The van der Waals surface area contributed by atoms with E-state index < -0.39 is 5.92 Å². The van der Waals surface area contributed by atoms with Crippen LogP contribution in [0.4, 0.5) is 0 Å². The summed E-state index contributed by atoms with van der Waals surface area (Å²) in [6, 6.07) is 9.75. The average Bonchev–Trinajstić information content (AvgIpc) is 3.37. The van der Waals surface area contributed by atoms with Crippen LogP contribution in [-0.2, 0) is 14.3 Å². The Morgan fingerprint density at radius 1 is 1.15 bits per heavy atom. The van der Waals surface area contributed by atoms with Gasteiger partial charge in [0.2, 0.25) is 0 Å². The van der Waals surface area contributed by atoms with Gasteiger partial charge in [-0.15, -0.1) is 11.3 Å². The molecule has 3 unspecified atom stereocenters. The van der Waals surface area contributed by atoms with Gasteiger partial charge >= 0.3 is 5.97 Å². The number of unbranched alkanes of at least 4 members (excludes halogenated alkanes) is 1. The smallest absolute Gasteiger partial charge is 0.315 e. The highest BCUT2D eigenvalue weighted by Gasteiger charge is 2.45. The van der Waals surface area contributed by atoms with E-state index in [-0.39, 0.29) is 23.6 Å². The van der Waals surface area contributed by atoms with Gasteiger partial charge in [-0.3, -0.25) is 14.6 Å². The van der Waals surface area contributed by atoms with Gasteiger partial charge < -0.3 is 14.2 Å². The number of thiophene rings is 1. The molecule has 2 heterocycles. The molecule has 0 amide bonds. The van der Waals surface area contributed by atoms with E-state index in [1.807, 2.05) is 42.6 Å². The Labute approximate surface area is 204 Å². The fourth-order valence-corrected chi connectivity index (χ4v) is 5.76. The van der Waals surface area contributed by atoms with E-state index in [4.69, 9.17) is 19.2 Å². The summed E-state index contributed by atoms with van der Waals surface area (Å²) in [5.74, 6) is 0.108. The van der Waals surface area contributed by atoms with E-state index in [1.165, 1.54) is 0 Å².